The minimum Gasteiger partial charge on any atom is -0.507 e. The zero-order valence-corrected chi connectivity index (χ0v) is 20.7. The summed E-state index contributed by atoms with van der Waals surface area (Å²) in [6, 6.07) is 16.4. The van der Waals surface area contributed by atoms with E-state index >= 15 is 0 Å². The van der Waals surface area contributed by atoms with Crippen molar-refractivity contribution in [1.29, 1.82) is 0 Å². The van der Waals surface area contributed by atoms with E-state index < -0.39 is 29.3 Å². The normalized spacial score (nSPS) is 16.6. The summed E-state index contributed by atoms with van der Waals surface area (Å²) in [4.78, 5) is 39.8. The fraction of sp³-hybridized carbons (Fsp3) is 0.207. The van der Waals surface area contributed by atoms with Crippen LogP contribution in [0, 0.1) is 12.7 Å². The molecule has 1 heterocycles. The number of amides is 1. The van der Waals surface area contributed by atoms with E-state index in [2.05, 4.69) is 0 Å². The molecule has 3 aromatic carbocycles. The third kappa shape index (κ3) is 5.09. The molecule has 1 fully saturated rings. The molecule has 0 radical (unpaired) electrons. The number of aliphatic hydroxyl groups is 1. The number of anilines is 1. The Labute approximate surface area is 213 Å². The van der Waals surface area contributed by atoms with E-state index in [-0.39, 0.29) is 35.9 Å². The van der Waals surface area contributed by atoms with Crippen LogP contribution in [0.15, 0.2) is 72.3 Å². The zero-order chi connectivity index (χ0) is 26.7. The van der Waals surface area contributed by atoms with Crippen molar-refractivity contribution in [2.45, 2.75) is 26.3 Å². The average molecular weight is 504 g/mol. The molecule has 1 unspecified atom stereocenters. The highest BCUT2D eigenvalue weighted by Crippen LogP contribution is 2.43. The number of rotatable bonds is 7. The fourth-order valence-electron chi connectivity index (χ4n) is 4.42. The highest BCUT2D eigenvalue weighted by molar-refractivity contribution is 6.51. The number of aliphatic hydroxyl groups excluding tert-OH is 1. The number of carbonyl (C=O) groups excluding carboxylic acids is 3. The van der Waals surface area contributed by atoms with Gasteiger partial charge in [0.1, 0.15) is 17.3 Å². The first-order valence-corrected chi connectivity index (χ1v) is 11.7. The highest BCUT2D eigenvalue weighted by Gasteiger charge is 2.47. The lowest BCUT2D eigenvalue weighted by molar-refractivity contribution is -0.142. The Morgan fingerprint density at radius 2 is 1.78 bits per heavy atom. The number of aryl methyl sites for hydroxylation is 1. The maximum atomic E-state index is 14.1. The third-order valence-electron chi connectivity index (χ3n) is 6.09. The van der Waals surface area contributed by atoms with Crippen LogP contribution in [-0.4, -0.2) is 36.5 Å². The molecule has 4 rings (SSSR count). The molecule has 1 aliphatic heterocycles. The standard InChI is InChI=1S/C29H26FNO6/c1-4-37-24(32)15-18-8-11-21(12-9-18)31-26(19-7-5-6-17(2)14-19)25(28(34)29(31)35)27(33)22-16-20(30)10-13-23(22)36-3/h5-14,16,26,33H,4,15H2,1-3H3/b27-25+. The van der Waals surface area contributed by atoms with Crippen molar-refractivity contribution in [2.75, 3.05) is 18.6 Å². The van der Waals surface area contributed by atoms with E-state index in [1.807, 2.05) is 19.1 Å². The van der Waals surface area contributed by atoms with E-state index in [1.165, 1.54) is 24.1 Å². The lowest BCUT2D eigenvalue weighted by atomic mass is 9.94. The molecule has 1 atom stereocenters. The van der Waals surface area contributed by atoms with Gasteiger partial charge < -0.3 is 14.6 Å². The van der Waals surface area contributed by atoms with Crippen molar-refractivity contribution in [3.05, 3.63) is 100 Å². The Morgan fingerprint density at radius 1 is 1.05 bits per heavy atom. The predicted octanol–water partition coefficient (Wildman–Crippen LogP) is 4.87. The first-order chi connectivity index (χ1) is 17.7. The van der Waals surface area contributed by atoms with Gasteiger partial charge in [-0.3, -0.25) is 19.3 Å². The number of benzene rings is 3. The molecule has 1 amide bonds. The van der Waals surface area contributed by atoms with Gasteiger partial charge in [-0.2, -0.15) is 0 Å². The van der Waals surface area contributed by atoms with Crippen LogP contribution in [0.5, 0.6) is 5.75 Å². The summed E-state index contributed by atoms with van der Waals surface area (Å²) >= 11 is 0. The molecule has 0 aliphatic carbocycles. The smallest absolute Gasteiger partial charge is 0.310 e. The maximum absolute atomic E-state index is 14.1. The van der Waals surface area contributed by atoms with Crippen LogP contribution < -0.4 is 9.64 Å². The largest absolute Gasteiger partial charge is 0.507 e. The molecule has 1 N–H and O–H groups in total. The second-order valence-corrected chi connectivity index (χ2v) is 8.58. The van der Waals surface area contributed by atoms with Crippen molar-refractivity contribution in [3.8, 4) is 5.75 Å². The van der Waals surface area contributed by atoms with Gasteiger partial charge in [0.05, 0.1) is 37.3 Å². The van der Waals surface area contributed by atoms with Gasteiger partial charge in [-0.25, -0.2) is 4.39 Å². The summed E-state index contributed by atoms with van der Waals surface area (Å²) < 4.78 is 24.4. The van der Waals surface area contributed by atoms with Crippen LogP contribution in [0.25, 0.3) is 5.76 Å². The fourth-order valence-corrected chi connectivity index (χ4v) is 4.42. The average Bonchev–Trinajstić information content (AvgIpc) is 3.14. The molecular weight excluding hydrogens is 477 g/mol. The molecule has 190 valence electrons. The number of methoxy groups -OCH3 is 1. The Hall–Kier alpha value is -4.46. The molecule has 8 heteroatoms. The van der Waals surface area contributed by atoms with E-state index in [0.717, 1.165) is 11.6 Å². The number of hydrogen-bond donors (Lipinski definition) is 1. The van der Waals surface area contributed by atoms with Crippen LogP contribution in [0.1, 0.15) is 35.2 Å². The number of nitrogens with zero attached hydrogens (tertiary/aromatic N) is 1. The number of carbonyl (C=O) groups is 3. The first-order valence-electron chi connectivity index (χ1n) is 11.7. The lowest BCUT2D eigenvalue weighted by Crippen LogP contribution is -2.29. The Kier molecular flexibility index (Phi) is 7.38. The van der Waals surface area contributed by atoms with Crippen LogP contribution in [0.2, 0.25) is 0 Å². The summed E-state index contributed by atoms with van der Waals surface area (Å²) in [6.07, 6.45) is 0.0631. The third-order valence-corrected chi connectivity index (χ3v) is 6.09. The number of Topliss-reactive ketones (excluding diaryl/α,β-unsaturated/α-hetero) is 1. The van der Waals surface area contributed by atoms with Gasteiger partial charge in [0.2, 0.25) is 0 Å². The molecular formula is C29H26FNO6. The number of esters is 1. The van der Waals surface area contributed by atoms with Crippen molar-refractivity contribution in [3.63, 3.8) is 0 Å². The summed E-state index contributed by atoms with van der Waals surface area (Å²) in [5, 5.41) is 11.3. The van der Waals surface area contributed by atoms with Crippen molar-refractivity contribution < 1.29 is 33.4 Å². The molecule has 1 aliphatic rings. The summed E-state index contributed by atoms with van der Waals surface area (Å²) in [7, 11) is 1.36. The molecule has 0 spiro atoms. The van der Waals surface area contributed by atoms with Gasteiger partial charge in [0.15, 0.2) is 0 Å². The van der Waals surface area contributed by atoms with Crippen LogP contribution >= 0.6 is 0 Å². The van der Waals surface area contributed by atoms with Crippen LogP contribution in [0.4, 0.5) is 10.1 Å². The van der Waals surface area contributed by atoms with Gasteiger partial charge in [-0.05, 0) is 55.3 Å². The summed E-state index contributed by atoms with van der Waals surface area (Å²) in [6.45, 7) is 3.87. The number of ketones is 1. The van der Waals surface area contributed by atoms with E-state index in [0.29, 0.717) is 16.8 Å². The van der Waals surface area contributed by atoms with Crippen LogP contribution in [0.3, 0.4) is 0 Å². The second kappa shape index (κ2) is 10.7. The van der Waals surface area contributed by atoms with Gasteiger partial charge in [-0.1, -0.05) is 42.0 Å². The highest BCUT2D eigenvalue weighted by atomic mass is 19.1. The molecule has 0 bridgehead atoms. The van der Waals surface area contributed by atoms with E-state index in [1.54, 1.807) is 43.3 Å². The minimum absolute atomic E-state index is 0.0389. The first kappa shape index (κ1) is 25.6. The molecule has 0 saturated carbocycles. The van der Waals surface area contributed by atoms with Gasteiger partial charge in [0.25, 0.3) is 11.7 Å². The summed E-state index contributed by atoms with van der Waals surface area (Å²) in [5.74, 6) is -3.16. The molecule has 1 saturated heterocycles. The van der Waals surface area contributed by atoms with Crippen LogP contribution in [-0.2, 0) is 25.5 Å². The minimum atomic E-state index is -0.983. The quantitative estimate of drug-likeness (QED) is 0.214. The SMILES string of the molecule is CCOC(=O)Cc1ccc(N2C(=O)C(=O)/C(=C(/O)c3cc(F)ccc3OC)C2c2cccc(C)c2)cc1. The van der Waals surface area contributed by atoms with Crippen molar-refractivity contribution in [2.24, 2.45) is 0 Å². The number of hydrogen-bond acceptors (Lipinski definition) is 6. The predicted molar refractivity (Wildman–Crippen MR) is 136 cm³/mol. The van der Waals surface area contributed by atoms with E-state index in [4.69, 9.17) is 9.47 Å². The molecule has 37 heavy (non-hydrogen) atoms. The number of halogens is 1. The Bertz CT molecular complexity index is 1400. The number of ether oxygens (including phenoxy) is 2. The molecule has 3 aromatic rings. The molecule has 7 nitrogen and oxygen atoms in total. The Balaban J connectivity index is 1.86. The summed E-state index contributed by atoms with van der Waals surface area (Å²) in [5.41, 5.74) is 2.32. The zero-order valence-electron chi connectivity index (χ0n) is 20.7. The Morgan fingerprint density at radius 3 is 2.43 bits per heavy atom. The van der Waals surface area contributed by atoms with Gasteiger partial charge in [-0.15, -0.1) is 0 Å². The van der Waals surface area contributed by atoms with Gasteiger partial charge >= 0.3 is 5.97 Å². The van der Waals surface area contributed by atoms with Crippen molar-refractivity contribution >= 4 is 29.1 Å². The topological polar surface area (TPSA) is 93.1 Å². The van der Waals surface area contributed by atoms with Crippen molar-refractivity contribution in [1.82, 2.24) is 0 Å². The maximum Gasteiger partial charge on any atom is 0.310 e. The second-order valence-electron chi connectivity index (χ2n) is 8.58. The van der Waals surface area contributed by atoms with Gasteiger partial charge in [0, 0.05) is 5.69 Å². The molecule has 0 aromatic heterocycles. The van der Waals surface area contributed by atoms with E-state index in [9.17, 15) is 23.9 Å². The monoisotopic (exact) mass is 503 g/mol. The lowest BCUT2D eigenvalue weighted by Gasteiger charge is -2.26.